The van der Waals surface area contributed by atoms with Crippen LogP contribution in [0.4, 0.5) is 4.39 Å². The van der Waals surface area contributed by atoms with Crippen LogP contribution in [-0.4, -0.2) is 44.1 Å². The molecule has 0 saturated heterocycles. The standard InChI is InChI=1S/C12H16FN3O.HI/c1-16-8-6-14-12(16)15-7-9-17-11-4-2-10(13)3-5-11;/h2-5H,6-9H2,1H3,(H,14,15);1H. The van der Waals surface area contributed by atoms with Gasteiger partial charge in [-0.25, -0.2) is 4.39 Å². The van der Waals surface area contributed by atoms with E-state index in [2.05, 4.69) is 15.2 Å². The number of halogens is 2. The lowest BCUT2D eigenvalue weighted by Gasteiger charge is -2.15. The molecule has 0 unspecified atom stereocenters. The third kappa shape index (κ3) is 4.32. The zero-order chi connectivity index (χ0) is 12.1. The SMILES string of the molecule is CN1CCN=C1NCCOc1ccc(F)cc1.I. The maximum Gasteiger partial charge on any atom is 0.193 e. The maximum absolute atomic E-state index is 12.6. The Kier molecular flexibility index (Phi) is 6.17. The van der Waals surface area contributed by atoms with Crippen LogP contribution < -0.4 is 10.1 Å². The van der Waals surface area contributed by atoms with Gasteiger partial charge in [0.2, 0.25) is 0 Å². The van der Waals surface area contributed by atoms with E-state index in [-0.39, 0.29) is 29.8 Å². The van der Waals surface area contributed by atoms with E-state index in [4.69, 9.17) is 4.74 Å². The average Bonchev–Trinajstić information content (AvgIpc) is 2.73. The fourth-order valence-electron chi connectivity index (χ4n) is 1.59. The second kappa shape index (κ2) is 7.40. The lowest BCUT2D eigenvalue weighted by Crippen LogP contribution is -2.37. The zero-order valence-electron chi connectivity index (χ0n) is 10.2. The predicted molar refractivity (Wildman–Crippen MR) is 80.2 cm³/mol. The Morgan fingerprint density at radius 2 is 2.11 bits per heavy atom. The minimum absolute atomic E-state index is 0. The van der Waals surface area contributed by atoms with E-state index in [9.17, 15) is 4.39 Å². The molecule has 0 atom stereocenters. The van der Waals surface area contributed by atoms with E-state index in [1.165, 1.54) is 12.1 Å². The van der Waals surface area contributed by atoms with Crippen LogP contribution in [0.25, 0.3) is 0 Å². The summed E-state index contributed by atoms with van der Waals surface area (Å²) in [4.78, 5) is 6.37. The quantitative estimate of drug-likeness (QED) is 0.652. The molecular weight excluding hydrogens is 348 g/mol. The molecule has 100 valence electrons. The van der Waals surface area contributed by atoms with E-state index in [0.29, 0.717) is 18.9 Å². The number of nitrogens with one attached hydrogen (secondary N) is 1. The fourth-order valence-corrected chi connectivity index (χ4v) is 1.59. The van der Waals surface area contributed by atoms with Crippen molar-refractivity contribution in [2.45, 2.75) is 0 Å². The molecule has 2 rings (SSSR count). The number of likely N-dealkylation sites (N-methyl/N-ethyl adjacent to an activating group) is 1. The van der Waals surface area contributed by atoms with Crippen LogP contribution in [0.3, 0.4) is 0 Å². The van der Waals surface area contributed by atoms with Gasteiger partial charge in [0.05, 0.1) is 13.1 Å². The summed E-state index contributed by atoms with van der Waals surface area (Å²) in [6.07, 6.45) is 0. The van der Waals surface area contributed by atoms with Crippen LogP contribution in [0.5, 0.6) is 5.75 Å². The summed E-state index contributed by atoms with van der Waals surface area (Å²) in [6, 6.07) is 6.01. The van der Waals surface area contributed by atoms with Gasteiger partial charge in [-0.05, 0) is 24.3 Å². The first kappa shape index (κ1) is 15.0. The summed E-state index contributed by atoms with van der Waals surface area (Å²) < 4.78 is 18.1. The molecule has 1 aromatic rings. The van der Waals surface area contributed by atoms with Gasteiger partial charge in [0, 0.05) is 13.6 Å². The Morgan fingerprint density at radius 3 is 2.72 bits per heavy atom. The number of aliphatic imine (C=N–C) groups is 1. The molecule has 1 heterocycles. The Labute approximate surface area is 123 Å². The molecule has 0 saturated carbocycles. The van der Waals surface area contributed by atoms with Crippen LogP contribution in [0.1, 0.15) is 0 Å². The molecule has 4 nitrogen and oxygen atoms in total. The highest BCUT2D eigenvalue weighted by Crippen LogP contribution is 2.10. The maximum atomic E-state index is 12.6. The molecule has 0 amide bonds. The molecule has 1 aliphatic heterocycles. The minimum Gasteiger partial charge on any atom is -0.492 e. The highest BCUT2D eigenvalue weighted by atomic mass is 127. The summed E-state index contributed by atoms with van der Waals surface area (Å²) >= 11 is 0. The molecule has 6 heteroatoms. The topological polar surface area (TPSA) is 36.9 Å². The number of ether oxygens (including phenoxy) is 1. The Morgan fingerprint density at radius 1 is 1.39 bits per heavy atom. The van der Waals surface area contributed by atoms with Gasteiger partial charge < -0.3 is 15.0 Å². The van der Waals surface area contributed by atoms with Gasteiger partial charge in [0.25, 0.3) is 0 Å². The summed E-state index contributed by atoms with van der Waals surface area (Å²) in [7, 11) is 2.00. The monoisotopic (exact) mass is 365 g/mol. The second-order valence-electron chi connectivity index (χ2n) is 3.86. The molecular formula is C12H17FIN3O. The highest BCUT2D eigenvalue weighted by molar-refractivity contribution is 14.0. The Hall–Kier alpha value is -1.05. The van der Waals surface area contributed by atoms with Crippen LogP contribution in [0.2, 0.25) is 0 Å². The lowest BCUT2D eigenvalue weighted by molar-refractivity contribution is 0.320. The van der Waals surface area contributed by atoms with Crippen LogP contribution >= 0.6 is 24.0 Å². The Bertz CT molecular complexity index is 397. The molecule has 1 N–H and O–H groups in total. The van der Waals surface area contributed by atoms with E-state index < -0.39 is 0 Å². The van der Waals surface area contributed by atoms with Gasteiger partial charge in [0.15, 0.2) is 5.96 Å². The smallest absolute Gasteiger partial charge is 0.193 e. The van der Waals surface area contributed by atoms with Crippen molar-refractivity contribution in [1.82, 2.24) is 10.2 Å². The average molecular weight is 365 g/mol. The molecule has 0 radical (unpaired) electrons. The number of nitrogens with zero attached hydrogens (tertiary/aromatic N) is 2. The van der Waals surface area contributed by atoms with E-state index >= 15 is 0 Å². The van der Waals surface area contributed by atoms with E-state index in [1.54, 1.807) is 12.1 Å². The van der Waals surface area contributed by atoms with Crippen molar-refractivity contribution in [2.24, 2.45) is 4.99 Å². The first-order valence-corrected chi connectivity index (χ1v) is 5.63. The first-order chi connectivity index (χ1) is 8.25. The zero-order valence-corrected chi connectivity index (χ0v) is 12.6. The summed E-state index contributed by atoms with van der Waals surface area (Å²) in [5.74, 6) is 1.33. The normalized spacial score (nSPS) is 13.9. The van der Waals surface area contributed by atoms with Gasteiger partial charge in [-0.1, -0.05) is 0 Å². The summed E-state index contributed by atoms with van der Waals surface area (Å²) in [5, 5.41) is 3.19. The van der Waals surface area contributed by atoms with Crippen molar-refractivity contribution in [2.75, 3.05) is 33.3 Å². The summed E-state index contributed by atoms with van der Waals surface area (Å²) in [5.41, 5.74) is 0. The number of hydrogen-bond acceptors (Lipinski definition) is 4. The third-order valence-corrected chi connectivity index (χ3v) is 2.53. The van der Waals surface area contributed by atoms with Gasteiger partial charge in [-0.15, -0.1) is 24.0 Å². The van der Waals surface area contributed by atoms with Crippen molar-refractivity contribution in [3.8, 4) is 5.75 Å². The molecule has 0 aromatic heterocycles. The Balaban J connectivity index is 0.00000162. The van der Waals surface area contributed by atoms with Crippen molar-refractivity contribution in [3.63, 3.8) is 0 Å². The molecule has 0 aliphatic carbocycles. The van der Waals surface area contributed by atoms with Gasteiger partial charge >= 0.3 is 0 Å². The fraction of sp³-hybridized carbons (Fsp3) is 0.417. The van der Waals surface area contributed by atoms with E-state index in [0.717, 1.165) is 19.0 Å². The lowest BCUT2D eigenvalue weighted by atomic mass is 10.3. The number of hydrogen-bond donors (Lipinski definition) is 1. The molecule has 0 spiro atoms. The molecule has 0 fully saturated rings. The van der Waals surface area contributed by atoms with Gasteiger partial charge in [-0.2, -0.15) is 0 Å². The van der Waals surface area contributed by atoms with Gasteiger partial charge in [-0.3, -0.25) is 4.99 Å². The third-order valence-electron chi connectivity index (χ3n) is 2.53. The highest BCUT2D eigenvalue weighted by Gasteiger charge is 2.10. The van der Waals surface area contributed by atoms with Crippen molar-refractivity contribution < 1.29 is 9.13 Å². The molecule has 18 heavy (non-hydrogen) atoms. The molecule has 0 bridgehead atoms. The van der Waals surface area contributed by atoms with E-state index in [1.807, 2.05) is 7.05 Å². The first-order valence-electron chi connectivity index (χ1n) is 5.63. The summed E-state index contributed by atoms with van der Waals surface area (Å²) in [6.45, 7) is 3.01. The van der Waals surface area contributed by atoms with Gasteiger partial charge in [0.1, 0.15) is 18.2 Å². The van der Waals surface area contributed by atoms with Crippen LogP contribution in [-0.2, 0) is 0 Å². The minimum atomic E-state index is -0.252. The number of benzene rings is 1. The van der Waals surface area contributed by atoms with Crippen molar-refractivity contribution in [1.29, 1.82) is 0 Å². The second-order valence-corrected chi connectivity index (χ2v) is 3.86. The van der Waals surface area contributed by atoms with Crippen LogP contribution in [0.15, 0.2) is 29.3 Å². The number of rotatable bonds is 4. The van der Waals surface area contributed by atoms with Crippen molar-refractivity contribution >= 4 is 29.9 Å². The van der Waals surface area contributed by atoms with Crippen molar-refractivity contribution in [3.05, 3.63) is 30.1 Å². The molecule has 1 aliphatic rings. The number of guanidine groups is 1. The molecule has 1 aromatic carbocycles. The largest absolute Gasteiger partial charge is 0.492 e. The predicted octanol–water partition coefficient (Wildman–Crippen LogP) is 1.71. The van der Waals surface area contributed by atoms with Crippen LogP contribution in [0, 0.1) is 5.82 Å².